The van der Waals surface area contributed by atoms with Crippen molar-refractivity contribution in [3.8, 4) is 0 Å². The largest absolute Gasteiger partial charge is 0.510 e. The molecule has 2 aliphatic heterocycles. The molecular formula is C24H27ClFN3O6S2. The number of amides is 1. The average molecular weight is 572 g/mol. The van der Waals surface area contributed by atoms with Crippen LogP contribution in [0.2, 0.25) is 5.02 Å². The molecule has 0 spiro atoms. The van der Waals surface area contributed by atoms with E-state index < -0.39 is 49.3 Å². The van der Waals surface area contributed by atoms with Gasteiger partial charge in [-0.15, -0.1) is 0 Å². The lowest BCUT2D eigenvalue weighted by Crippen LogP contribution is -2.43. The van der Waals surface area contributed by atoms with Gasteiger partial charge in [-0.2, -0.15) is 4.72 Å². The zero-order chi connectivity index (χ0) is 27.5. The van der Waals surface area contributed by atoms with Gasteiger partial charge >= 0.3 is 0 Å². The summed E-state index contributed by atoms with van der Waals surface area (Å²) in [6, 6.07) is 6.64. The number of sulfonamides is 2. The number of hydrogen-bond donors (Lipinski definition) is 3. The van der Waals surface area contributed by atoms with Gasteiger partial charge in [0.25, 0.3) is 5.91 Å². The Bertz CT molecular complexity index is 1530. The Labute approximate surface area is 220 Å². The summed E-state index contributed by atoms with van der Waals surface area (Å²) in [4.78, 5) is 15.0. The van der Waals surface area contributed by atoms with Crippen LogP contribution in [0.3, 0.4) is 0 Å². The second kappa shape index (κ2) is 9.35. The molecule has 0 saturated heterocycles. The zero-order valence-electron chi connectivity index (χ0n) is 20.5. The number of carbonyl (C=O) groups excluding carboxylic acids is 1. The fourth-order valence-corrected chi connectivity index (χ4v) is 7.10. The summed E-state index contributed by atoms with van der Waals surface area (Å²) >= 11 is 5.92. The van der Waals surface area contributed by atoms with E-state index in [1.165, 1.54) is 35.2 Å². The molecule has 0 aromatic heterocycles. The number of hydrogen-bond acceptors (Lipinski definition) is 6. The van der Waals surface area contributed by atoms with E-state index in [2.05, 4.69) is 9.44 Å². The maximum atomic E-state index is 13.8. The highest BCUT2D eigenvalue weighted by molar-refractivity contribution is 7.90. The van der Waals surface area contributed by atoms with E-state index in [1.807, 2.05) is 20.8 Å². The van der Waals surface area contributed by atoms with Crippen LogP contribution in [0.1, 0.15) is 43.5 Å². The molecule has 0 radical (unpaired) electrons. The van der Waals surface area contributed by atoms with Gasteiger partial charge in [0.1, 0.15) is 11.6 Å². The van der Waals surface area contributed by atoms with E-state index in [1.54, 1.807) is 6.07 Å². The highest BCUT2D eigenvalue weighted by atomic mass is 35.5. The highest BCUT2D eigenvalue weighted by Crippen LogP contribution is 2.45. The van der Waals surface area contributed by atoms with Crippen molar-refractivity contribution in [3.63, 3.8) is 0 Å². The van der Waals surface area contributed by atoms with Crippen molar-refractivity contribution in [1.29, 1.82) is 0 Å². The van der Waals surface area contributed by atoms with E-state index in [4.69, 9.17) is 11.6 Å². The number of carbonyl (C=O) groups is 1. The Hall–Kier alpha value is -2.51. The number of nitrogens with one attached hydrogen (secondary N) is 2. The molecule has 2 aromatic carbocycles. The maximum absolute atomic E-state index is 13.8. The predicted octanol–water partition coefficient (Wildman–Crippen LogP) is 3.13. The minimum Gasteiger partial charge on any atom is -0.510 e. The van der Waals surface area contributed by atoms with Crippen LogP contribution in [0.4, 0.5) is 4.39 Å². The van der Waals surface area contributed by atoms with Gasteiger partial charge in [0, 0.05) is 13.1 Å². The molecule has 0 fully saturated rings. The third kappa shape index (κ3) is 5.26. The third-order valence-corrected chi connectivity index (χ3v) is 8.83. The van der Waals surface area contributed by atoms with Crippen LogP contribution in [-0.2, 0) is 37.9 Å². The number of halogens is 2. The molecule has 1 unspecified atom stereocenters. The van der Waals surface area contributed by atoms with Gasteiger partial charge in [-0.25, -0.2) is 25.9 Å². The molecule has 0 bridgehead atoms. The molecule has 2 aromatic rings. The lowest BCUT2D eigenvalue weighted by atomic mass is 9.84. The number of aliphatic hydroxyl groups excluding tert-OH is 1. The third-order valence-electron chi connectivity index (χ3n) is 6.29. The normalized spacial score (nSPS) is 21.6. The summed E-state index contributed by atoms with van der Waals surface area (Å²) in [5, 5.41) is 11.2. The number of rotatable bonds is 6. The number of aliphatic hydroxyl groups is 1. The topological polar surface area (TPSA) is 133 Å². The quantitative estimate of drug-likeness (QED) is 0.488. The number of nitrogens with zero attached hydrogens (tertiary/aromatic N) is 1. The fraction of sp³-hybridized carbons (Fsp3) is 0.375. The SMILES string of the molecule is CC(C)(C)[C@H]1C(O)=C(C2NS(=O)(=O)c3c(CNS(C)(=O)=O)cccc32)C(=O)N1Cc1ccc(F)c(Cl)c1. The number of benzene rings is 2. The monoisotopic (exact) mass is 571 g/mol. The van der Waals surface area contributed by atoms with Gasteiger partial charge in [-0.1, -0.05) is 56.6 Å². The van der Waals surface area contributed by atoms with E-state index in [9.17, 15) is 31.1 Å². The van der Waals surface area contributed by atoms with Crippen LogP contribution >= 0.6 is 11.6 Å². The smallest absolute Gasteiger partial charge is 0.256 e. The Balaban J connectivity index is 1.78. The summed E-state index contributed by atoms with van der Waals surface area (Å²) in [5.74, 6) is -1.46. The van der Waals surface area contributed by atoms with Crippen LogP contribution in [0.15, 0.2) is 52.6 Å². The fourth-order valence-electron chi connectivity index (χ4n) is 4.82. The summed E-state index contributed by atoms with van der Waals surface area (Å²) in [6.07, 6.45) is 0.960. The van der Waals surface area contributed by atoms with E-state index >= 15 is 0 Å². The van der Waals surface area contributed by atoms with Gasteiger partial charge in [0.05, 0.1) is 33.8 Å². The highest BCUT2D eigenvalue weighted by Gasteiger charge is 2.51. The molecule has 4 rings (SSSR count). The standard InChI is InChI=1S/C24H27ClFN3O6S2/c1-24(2,3)22-20(30)18(23(31)29(22)12-13-8-9-17(26)16(25)10-13)19-15-7-5-6-14(11-27-36(4,32)33)21(15)37(34,35)28-19/h5-10,19,22,27-28,30H,11-12H2,1-4H3/t19?,22-/m1/s1. The molecule has 0 aliphatic carbocycles. The molecule has 2 heterocycles. The van der Waals surface area contributed by atoms with Crippen LogP contribution < -0.4 is 9.44 Å². The lowest BCUT2D eigenvalue weighted by Gasteiger charge is -2.35. The summed E-state index contributed by atoms with van der Waals surface area (Å²) < 4.78 is 67.9. The zero-order valence-corrected chi connectivity index (χ0v) is 22.9. The van der Waals surface area contributed by atoms with Crippen LogP contribution in [0, 0.1) is 11.2 Å². The summed E-state index contributed by atoms with van der Waals surface area (Å²) in [6.45, 7) is 5.22. The van der Waals surface area contributed by atoms with E-state index in [-0.39, 0.29) is 45.5 Å². The molecule has 200 valence electrons. The first-order valence-electron chi connectivity index (χ1n) is 11.3. The lowest BCUT2D eigenvalue weighted by molar-refractivity contribution is -0.129. The van der Waals surface area contributed by atoms with Crippen molar-refractivity contribution < 1.29 is 31.1 Å². The summed E-state index contributed by atoms with van der Waals surface area (Å²) in [7, 11) is -7.74. The molecule has 13 heteroatoms. The van der Waals surface area contributed by atoms with Gasteiger partial charge in [0.15, 0.2) is 0 Å². The van der Waals surface area contributed by atoms with Gasteiger partial charge in [-0.3, -0.25) is 4.79 Å². The molecule has 2 aliphatic rings. The molecule has 37 heavy (non-hydrogen) atoms. The number of fused-ring (bicyclic) bond motifs is 1. The molecule has 1 amide bonds. The van der Waals surface area contributed by atoms with Crippen LogP contribution in [0.5, 0.6) is 0 Å². The minimum atomic E-state index is -4.14. The predicted molar refractivity (Wildman–Crippen MR) is 136 cm³/mol. The van der Waals surface area contributed by atoms with Gasteiger partial charge < -0.3 is 10.0 Å². The minimum absolute atomic E-state index is 0.00102. The molecule has 2 atom stereocenters. The summed E-state index contributed by atoms with van der Waals surface area (Å²) in [5.41, 5.74) is 0.191. The van der Waals surface area contributed by atoms with Crippen molar-refractivity contribution in [2.75, 3.05) is 6.26 Å². The van der Waals surface area contributed by atoms with Crippen molar-refractivity contribution >= 4 is 37.6 Å². The van der Waals surface area contributed by atoms with Crippen molar-refractivity contribution in [2.24, 2.45) is 5.41 Å². The van der Waals surface area contributed by atoms with E-state index in [0.29, 0.717) is 5.56 Å². The molecular weight excluding hydrogens is 545 g/mol. The average Bonchev–Trinajstić information content (AvgIpc) is 3.18. The molecule has 0 saturated carbocycles. The van der Waals surface area contributed by atoms with Crippen molar-refractivity contribution in [1.82, 2.24) is 14.3 Å². The molecule has 3 N–H and O–H groups in total. The van der Waals surface area contributed by atoms with Crippen molar-refractivity contribution in [3.05, 3.63) is 75.3 Å². The first kappa shape index (κ1) is 27.5. The van der Waals surface area contributed by atoms with Crippen LogP contribution in [0.25, 0.3) is 0 Å². The van der Waals surface area contributed by atoms with Gasteiger partial charge in [0.2, 0.25) is 20.0 Å². The second-order valence-electron chi connectivity index (χ2n) is 10.2. The second-order valence-corrected chi connectivity index (χ2v) is 14.1. The van der Waals surface area contributed by atoms with Gasteiger partial charge in [-0.05, 0) is 34.2 Å². The Morgan fingerprint density at radius 1 is 1.22 bits per heavy atom. The first-order valence-corrected chi connectivity index (χ1v) is 15.0. The Morgan fingerprint density at radius 2 is 1.89 bits per heavy atom. The first-order chi connectivity index (χ1) is 17.0. The van der Waals surface area contributed by atoms with Crippen LogP contribution in [-0.4, -0.2) is 45.0 Å². The molecule has 9 nitrogen and oxygen atoms in total. The Kier molecular flexibility index (Phi) is 6.95. The van der Waals surface area contributed by atoms with Crippen molar-refractivity contribution in [2.45, 2.75) is 50.8 Å². The van der Waals surface area contributed by atoms with E-state index in [0.717, 1.165) is 6.26 Å². The Morgan fingerprint density at radius 3 is 2.49 bits per heavy atom. The maximum Gasteiger partial charge on any atom is 0.256 e.